The molecule has 0 aliphatic rings. The molecule has 54 valence electrons. The molecular weight excluding hydrogens is 110 g/mol. The van der Waals surface area contributed by atoms with E-state index < -0.39 is 0 Å². The van der Waals surface area contributed by atoms with Crippen LogP contribution in [0.15, 0.2) is 23.9 Å². The second-order valence-electron chi connectivity index (χ2n) is 1.50. The lowest BCUT2D eigenvalue weighted by atomic mass is 10.2. The highest BCUT2D eigenvalue weighted by molar-refractivity contribution is 5.21. The van der Waals surface area contributed by atoms with Gasteiger partial charge in [0, 0.05) is 5.70 Å². The van der Waals surface area contributed by atoms with E-state index in [1.807, 2.05) is 33.8 Å². The van der Waals surface area contributed by atoms with Crippen LogP contribution >= 0.6 is 0 Å². The Bertz CT molecular complexity index is 101. The minimum atomic E-state index is 0.655. The van der Waals surface area contributed by atoms with Crippen molar-refractivity contribution in [3.8, 4) is 0 Å². The second-order valence-corrected chi connectivity index (χ2v) is 1.50. The lowest BCUT2D eigenvalue weighted by molar-refractivity contribution is 1.29. The Morgan fingerprint density at radius 2 is 1.78 bits per heavy atom. The third kappa shape index (κ3) is 7.28. The summed E-state index contributed by atoms with van der Waals surface area (Å²) in [7, 11) is 0. The topological polar surface area (TPSA) is 26.0 Å². The van der Waals surface area contributed by atoms with Gasteiger partial charge in [-0.15, -0.1) is 0 Å². The Labute approximate surface area is 58.3 Å². The van der Waals surface area contributed by atoms with Gasteiger partial charge in [-0.3, -0.25) is 0 Å². The maximum Gasteiger partial charge on any atom is 0.0267 e. The summed E-state index contributed by atoms with van der Waals surface area (Å²) in [5.41, 5.74) is 6.99. The Hall–Kier alpha value is -0.720. The number of hydrogen-bond acceptors (Lipinski definition) is 1. The highest BCUT2D eigenvalue weighted by atomic mass is 14.6. The quantitative estimate of drug-likeness (QED) is 0.538. The van der Waals surface area contributed by atoms with E-state index in [0.29, 0.717) is 5.70 Å². The van der Waals surface area contributed by atoms with Crippen LogP contribution in [0, 0.1) is 0 Å². The van der Waals surface area contributed by atoms with E-state index in [1.165, 1.54) is 0 Å². The summed E-state index contributed by atoms with van der Waals surface area (Å²) in [5, 5.41) is 0. The van der Waals surface area contributed by atoms with Gasteiger partial charge >= 0.3 is 0 Å². The highest BCUT2D eigenvalue weighted by Gasteiger charge is 1.81. The first-order valence-electron chi connectivity index (χ1n) is 3.26. The van der Waals surface area contributed by atoms with Crippen LogP contribution < -0.4 is 5.73 Å². The first-order valence-corrected chi connectivity index (χ1v) is 3.26. The van der Waals surface area contributed by atoms with E-state index >= 15 is 0 Å². The summed E-state index contributed by atoms with van der Waals surface area (Å²) in [4.78, 5) is 0. The zero-order valence-corrected chi connectivity index (χ0v) is 6.86. The minimum absolute atomic E-state index is 0.655. The Morgan fingerprint density at radius 1 is 1.44 bits per heavy atom. The molecule has 0 atom stereocenters. The Morgan fingerprint density at radius 3 is 1.78 bits per heavy atom. The Kier molecular flexibility index (Phi) is 9.00. The maximum absolute atomic E-state index is 5.28. The molecule has 0 heterocycles. The summed E-state index contributed by atoms with van der Waals surface area (Å²) < 4.78 is 0. The summed E-state index contributed by atoms with van der Waals surface area (Å²) in [6, 6.07) is 0. The van der Waals surface area contributed by atoms with Gasteiger partial charge in [0.2, 0.25) is 0 Å². The van der Waals surface area contributed by atoms with Crippen molar-refractivity contribution < 1.29 is 0 Å². The smallest absolute Gasteiger partial charge is 0.0267 e. The van der Waals surface area contributed by atoms with E-state index in [0.717, 1.165) is 5.57 Å². The van der Waals surface area contributed by atoms with Crippen LogP contribution in [0.2, 0.25) is 0 Å². The van der Waals surface area contributed by atoms with Crippen molar-refractivity contribution in [2.75, 3.05) is 0 Å². The predicted octanol–water partition coefficient (Wildman–Crippen LogP) is 2.45. The van der Waals surface area contributed by atoms with Crippen LogP contribution in [0.25, 0.3) is 0 Å². The predicted molar refractivity (Wildman–Crippen MR) is 44.1 cm³/mol. The molecule has 0 fully saturated rings. The SMILES string of the molecule is C=C(N)/C(C)=C\C.CC. The van der Waals surface area contributed by atoms with Gasteiger partial charge in [-0.1, -0.05) is 26.5 Å². The molecule has 0 aliphatic heterocycles. The van der Waals surface area contributed by atoms with Crippen LogP contribution in [-0.2, 0) is 0 Å². The molecule has 0 saturated heterocycles. The van der Waals surface area contributed by atoms with E-state index in [1.54, 1.807) is 0 Å². The minimum Gasteiger partial charge on any atom is -0.399 e. The summed E-state index contributed by atoms with van der Waals surface area (Å²) in [5.74, 6) is 0. The molecule has 0 radical (unpaired) electrons. The average Bonchev–Trinajstić information content (AvgIpc) is 1.91. The fraction of sp³-hybridized carbons (Fsp3) is 0.500. The van der Waals surface area contributed by atoms with Gasteiger partial charge in [-0.05, 0) is 19.4 Å². The number of allylic oxidation sites excluding steroid dienone is 2. The molecule has 9 heavy (non-hydrogen) atoms. The van der Waals surface area contributed by atoms with E-state index in [2.05, 4.69) is 6.58 Å². The van der Waals surface area contributed by atoms with Crippen molar-refractivity contribution in [1.82, 2.24) is 0 Å². The van der Waals surface area contributed by atoms with Gasteiger partial charge in [-0.25, -0.2) is 0 Å². The zero-order chi connectivity index (χ0) is 7.86. The van der Waals surface area contributed by atoms with Crippen molar-refractivity contribution in [2.24, 2.45) is 5.73 Å². The monoisotopic (exact) mass is 127 g/mol. The van der Waals surface area contributed by atoms with E-state index in [4.69, 9.17) is 5.73 Å². The standard InChI is InChI=1S/C6H11N.C2H6/c1-4-5(2)6(3)7;1-2/h4H,3,7H2,1-2H3;1-2H3/b5-4-;. The molecule has 0 saturated carbocycles. The maximum atomic E-state index is 5.28. The molecule has 0 aromatic carbocycles. The summed E-state index contributed by atoms with van der Waals surface area (Å²) in [6.45, 7) is 11.4. The number of hydrogen-bond donors (Lipinski definition) is 1. The zero-order valence-electron chi connectivity index (χ0n) is 6.86. The second kappa shape index (κ2) is 7.28. The molecule has 0 spiro atoms. The molecule has 0 aromatic heterocycles. The van der Waals surface area contributed by atoms with Gasteiger partial charge in [0.25, 0.3) is 0 Å². The summed E-state index contributed by atoms with van der Waals surface area (Å²) >= 11 is 0. The molecule has 1 nitrogen and oxygen atoms in total. The van der Waals surface area contributed by atoms with Crippen molar-refractivity contribution in [3.63, 3.8) is 0 Å². The van der Waals surface area contributed by atoms with Crippen molar-refractivity contribution in [2.45, 2.75) is 27.7 Å². The molecular formula is C8H17N. The summed E-state index contributed by atoms with van der Waals surface area (Å²) in [6.07, 6.45) is 1.93. The van der Waals surface area contributed by atoms with Gasteiger partial charge < -0.3 is 5.73 Å². The lowest BCUT2D eigenvalue weighted by Crippen LogP contribution is -1.94. The van der Waals surface area contributed by atoms with Crippen LogP contribution in [0.3, 0.4) is 0 Å². The van der Waals surface area contributed by atoms with Gasteiger partial charge in [0.15, 0.2) is 0 Å². The van der Waals surface area contributed by atoms with Crippen LogP contribution in [0.1, 0.15) is 27.7 Å². The van der Waals surface area contributed by atoms with Crippen LogP contribution in [-0.4, -0.2) is 0 Å². The Balaban J connectivity index is 0. The van der Waals surface area contributed by atoms with Gasteiger partial charge in [-0.2, -0.15) is 0 Å². The average molecular weight is 127 g/mol. The van der Waals surface area contributed by atoms with Gasteiger partial charge in [0.05, 0.1) is 0 Å². The third-order valence-electron chi connectivity index (χ3n) is 0.940. The molecule has 0 bridgehead atoms. The lowest BCUT2D eigenvalue weighted by Gasteiger charge is -1.92. The number of nitrogens with two attached hydrogens (primary N) is 1. The first kappa shape index (κ1) is 11.1. The normalized spacial score (nSPS) is 9.56. The van der Waals surface area contributed by atoms with Crippen molar-refractivity contribution >= 4 is 0 Å². The molecule has 0 aliphatic carbocycles. The van der Waals surface area contributed by atoms with Crippen molar-refractivity contribution in [1.29, 1.82) is 0 Å². The highest BCUT2D eigenvalue weighted by Crippen LogP contribution is 1.96. The number of rotatable bonds is 1. The van der Waals surface area contributed by atoms with Gasteiger partial charge in [0.1, 0.15) is 0 Å². The molecule has 0 rings (SSSR count). The largest absolute Gasteiger partial charge is 0.399 e. The molecule has 0 unspecified atom stereocenters. The molecule has 0 amide bonds. The van der Waals surface area contributed by atoms with Crippen LogP contribution in [0.4, 0.5) is 0 Å². The molecule has 1 heteroatoms. The first-order chi connectivity index (χ1) is 4.18. The fourth-order valence-electron chi connectivity index (χ4n) is 0.185. The molecule has 0 aromatic rings. The van der Waals surface area contributed by atoms with Crippen molar-refractivity contribution in [3.05, 3.63) is 23.9 Å². The third-order valence-corrected chi connectivity index (χ3v) is 0.940. The fourth-order valence-corrected chi connectivity index (χ4v) is 0.185. The van der Waals surface area contributed by atoms with E-state index in [9.17, 15) is 0 Å². The van der Waals surface area contributed by atoms with Crippen LogP contribution in [0.5, 0.6) is 0 Å². The van der Waals surface area contributed by atoms with E-state index in [-0.39, 0.29) is 0 Å². The molecule has 2 N–H and O–H groups in total.